The van der Waals surface area contributed by atoms with Crippen molar-refractivity contribution in [3.8, 4) is 0 Å². The second-order valence-corrected chi connectivity index (χ2v) is 4.45. The molecule has 19 heavy (non-hydrogen) atoms. The number of aryl methyl sites for hydroxylation is 2. The predicted octanol–water partition coefficient (Wildman–Crippen LogP) is 1.71. The van der Waals surface area contributed by atoms with Crippen molar-refractivity contribution < 1.29 is 9.21 Å². The van der Waals surface area contributed by atoms with Crippen molar-refractivity contribution in [1.29, 1.82) is 0 Å². The van der Waals surface area contributed by atoms with E-state index in [1.807, 2.05) is 26.0 Å². The highest BCUT2D eigenvalue weighted by Crippen LogP contribution is 2.06. The van der Waals surface area contributed by atoms with Crippen molar-refractivity contribution in [3.63, 3.8) is 0 Å². The van der Waals surface area contributed by atoms with Crippen LogP contribution in [0.15, 0.2) is 22.8 Å². The summed E-state index contributed by atoms with van der Waals surface area (Å²) in [5.41, 5.74) is 0. The van der Waals surface area contributed by atoms with Crippen LogP contribution < -0.4 is 5.32 Å². The molecular weight excluding hydrogens is 244 g/mol. The number of aromatic amines is 1. The van der Waals surface area contributed by atoms with Gasteiger partial charge < -0.3 is 9.73 Å². The third kappa shape index (κ3) is 3.67. The summed E-state index contributed by atoms with van der Waals surface area (Å²) < 4.78 is 5.25. The van der Waals surface area contributed by atoms with Gasteiger partial charge in [-0.25, -0.2) is 4.98 Å². The van der Waals surface area contributed by atoms with Crippen molar-refractivity contribution in [2.75, 3.05) is 0 Å². The second-order valence-electron chi connectivity index (χ2n) is 4.45. The maximum absolute atomic E-state index is 11.9. The number of furan rings is 1. The Morgan fingerprint density at radius 2 is 2.42 bits per heavy atom. The van der Waals surface area contributed by atoms with Crippen molar-refractivity contribution in [1.82, 2.24) is 20.5 Å². The molecular formula is C13H18N4O2. The Balaban J connectivity index is 1.81. The van der Waals surface area contributed by atoms with Gasteiger partial charge in [0.05, 0.1) is 6.26 Å². The number of aromatic nitrogens is 3. The molecule has 0 saturated carbocycles. The average molecular weight is 262 g/mol. The molecule has 2 N–H and O–H groups in total. The van der Waals surface area contributed by atoms with Crippen LogP contribution in [0.1, 0.15) is 42.5 Å². The molecule has 6 nitrogen and oxygen atoms in total. The zero-order valence-corrected chi connectivity index (χ0v) is 11.1. The largest absolute Gasteiger partial charge is 0.469 e. The molecule has 0 aliphatic rings. The first-order valence-corrected chi connectivity index (χ1v) is 6.43. The molecule has 6 heteroatoms. The van der Waals surface area contributed by atoms with Crippen LogP contribution in [0.25, 0.3) is 0 Å². The van der Waals surface area contributed by atoms with Gasteiger partial charge in [0, 0.05) is 18.9 Å². The SMILES string of the molecule is CCc1nc(C(=O)NC(C)CCc2ccco2)n[nH]1. The van der Waals surface area contributed by atoms with Crippen molar-refractivity contribution >= 4 is 5.91 Å². The highest BCUT2D eigenvalue weighted by Gasteiger charge is 2.14. The van der Waals surface area contributed by atoms with E-state index in [9.17, 15) is 4.79 Å². The lowest BCUT2D eigenvalue weighted by atomic mass is 10.1. The van der Waals surface area contributed by atoms with Crippen molar-refractivity contribution in [2.24, 2.45) is 0 Å². The standard InChI is InChI=1S/C13H18N4O2/c1-3-11-15-12(17-16-11)13(18)14-9(2)6-7-10-5-4-8-19-10/h4-5,8-9H,3,6-7H2,1-2H3,(H,14,18)(H,15,16,17). The summed E-state index contributed by atoms with van der Waals surface area (Å²) in [5.74, 6) is 1.59. The molecule has 0 aromatic carbocycles. The van der Waals surface area contributed by atoms with Gasteiger partial charge in [0.25, 0.3) is 5.91 Å². The van der Waals surface area contributed by atoms with Gasteiger partial charge in [0.1, 0.15) is 11.6 Å². The summed E-state index contributed by atoms with van der Waals surface area (Å²) in [7, 11) is 0. The van der Waals surface area contributed by atoms with E-state index in [0.717, 1.165) is 25.0 Å². The van der Waals surface area contributed by atoms with Crippen LogP contribution in [0.5, 0.6) is 0 Å². The van der Waals surface area contributed by atoms with Gasteiger partial charge >= 0.3 is 0 Å². The Kier molecular flexibility index (Phi) is 4.33. The van der Waals surface area contributed by atoms with Crippen LogP contribution in [-0.2, 0) is 12.8 Å². The molecule has 0 fully saturated rings. The Morgan fingerprint density at radius 3 is 3.05 bits per heavy atom. The van der Waals surface area contributed by atoms with E-state index < -0.39 is 0 Å². The number of carbonyl (C=O) groups is 1. The molecule has 2 rings (SSSR count). The quantitative estimate of drug-likeness (QED) is 0.830. The number of nitrogens with one attached hydrogen (secondary N) is 2. The van der Waals surface area contributed by atoms with Gasteiger partial charge in [-0.05, 0) is 25.5 Å². The van der Waals surface area contributed by atoms with E-state index in [0.29, 0.717) is 5.82 Å². The normalized spacial score (nSPS) is 12.3. The van der Waals surface area contributed by atoms with Crippen molar-refractivity contribution in [3.05, 3.63) is 35.8 Å². The minimum atomic E-state index is -0.247. The van der Waals surface area contributed by atoms with Crippen LogP contribution >= 0.6 is 0 Å². The summed E-state index contributed by atoms with van der Waals surface area (Å²) >= 11 is 0. The maximum Gasteiger partial charge on any atom is 0.291 e. The van der Waals surface area contributed by atoms with E-state index >= 15 is 0 Å². The molecule has 2 aromatic heterocycles. The third-order valence-corrected chi connectivity index (χ3v) is 2.85. The van der Waals surface area contributed by atoms with Gasteiger partial charge in [-0.15, -0.1) is 5.10 Å². The zero-order valence-electron chi connectivity index (χ0n) is 11.1. The fourth-order valence-electron chi connectivity index (χ4n) is 1.73. The van der Waals surface area contributed by atoms with Crippen LogP contribution in [-0.4, -0.2) is 27.1 Å². The lowest BCUT2D eigenvalue weighted by Crippen LogP contribution is -2.33. The summed E-state index contributed by atoms with van der Waals surface area (Å²) in [6.45, 7) is 3.91. The number of rotatable bonds is 6. The first-order chi connectivity index (χ1) is 9.19. The van der Waals surface area contributed by atoms with E-state index in [1.165, 1.54) is 0 Å². The highest BCUT2D eigenvalue weighted by atomic mass is 16.3. The molecule has 102 valence electrons. The number of amides is 1. The lowest BCUT2D eigenvalue weighted by molar-refractivity contribution is 0.0928. The molecule has 0 aliphatic heterocycles. The number of carbonyl (C=O) groups excluding carboxylic acids is 1. The number of nitrogens with zero attached hydrogens (tertiary/aromatic N) is 2. The molecule has 0 bridgehead atoms. The summed E-state index contributed by atoms with van der Waals surface area (Å²) in [5, 5.41) is 9.48. The Hall–Kier alpha value is -2.11. The first kappa shape index (κ1) is 13.3. The number of hydrogen-bond donors (Lipinski definition) is 2. The molecule has 1 amide bonds. The molecule has 1 atom stereocenters. The fraction of sp³-hybridized carbons (Fsp3) is 0.462. The summed E-state index contributed by atoms with van der Waals surface area (Å²) in [4.78, 5) is 16.0. The van der Waals surface area contributed by atoms with Crippen LogP contribution in [0.2, 0.25) is 0 Å². The number of hydrogen-bond acceptors (Lipinski definition) is 4. The van der Waals surface area contributed by atoms with Crippen LogP contribution in [0.4, 0.5) is 0 Å². The van der Waals surface area contributed by atoms with E-state index in [1.54, 1.807) is 6.26 Å². The monoisotopic (exact) mass is 262 g/mol. The molecule has 0 saturated heterocycles. The smallest absolute Gasteiger partial charge is 0.291 e. The van der Waals surface area contributed by atoms with E-state index in [-0.39, 0.29) is 17.8 Å². The molecule has 2 aromatic rings. The minimum absolute atomic E-state index is 0.0428. The highest BCUT2D eigenvalue weighted by molar-refractivity contribution is 5.90. The Morgan fingerprint density at radius 1 is 1.58 bits per heavy atom. The van der Waals surface area contributed by atoms with Crippen molar-refractivity contribution in [2.45, 2.75) is 39.2 Å². The molecule has 2 heterocycles. The van der Waals surface area contributed by atoms with E-state index in [4.69, 9.17) is 4.42 Å². The van der Waals surface area contributed by atoms with Gasteiger partial charge in [-0.3, -0.25) is 9.89 Å². The Bertz CT molecular complexity index is 518. The van der Waals surface area contributed by atoms with Crippen LogP contribution in [0, 0.1) is 0 Å². The fourth-order valence-corrected chi connectivity index (χ4v) is 1.73. The van der Waals surface area contributed by atoms with Gasteiger partial charge in [0.15, 0.2) is 0 Å². The Labute approximate surface area is 111 Å². The van der Waals surface area contributed by atoms with Crippen LogP contribution in [0.3, 0.4) is 0 Å². The predicted molar refractivity (Wildman–Crippen MR) is 69.7 cm³/mol. The third-order valence-electron chi connectivity index (χ3n) is 2.85. The second kappa shape index (κ2) is 6.17. The minimum Gasteiger partial charge on any atom is -0.469 e. The zero-order chi connectivity index (χ0) is 13.7. The molecule has 0 spiro atoms. The average Bonchev–Trinajstić information content (AvgIpc) is 3.07. The molecule has 0 radical (unpaired) electrons. The van der Waals surface area contributed by atoms with Gasteiger partial charge in [0.2, 0.25) is 5.82 Å². The maximum atomic E-state index is 11.9. The number of H-pyrrole nitrogens is 1. The van der Waals surface area contributed by atoms with E-state index in [2.05, 4.69) is 20.5 Å². The topological polar surface area (TPSA) is 83.8 Å². The first-order valence-electron chi connectivity index (χ1n) is 6.43. The summed E-state index contributed by atoms with van der Waals surface area (Å²) in [6.07, 6.45) is 3.99. The van der Waals surface area contributed by atoms with Gasteiger partial charge in [-0.2, -0.15) is 0 Å². The molecule has 0 aliphatic carbocycles. The van der Waals surface area contributed by atoms with Gasteiger partial charge in [-0.1, -0.05) is 6.92 Å². The summed E-state index contributed by atoms with van der Waals surface area (Å²) in [6, 6.07) is 3.83. The lowest BCUT2D eigenvalue weighted by Gasteiger charge is -2.11. The molecule has 1 unspecified atom stereocenters.